The molecule has 19 heavy (non-hydrogen) atoms. The van der Waals surface area contributed by atoms with Crippen LogP contribution in [0.1, 0.15) is 11.1 Å². The normalized spacial score (nSPS) is 11.6. The monoisotopic (exact) mass is 269 g/mol. The maximum Gasteiger partial charge on any atom is 0.416 e. The molecule has 0 spiro atoms. The van der Waals surface area contributed by atoms with Crippen LogP contribution in [-0.4, -0.2) is 0 Å². The fourth-order valence-corrected chi connectivity index (χ4v) is 1.83. The minimum atomic E-state index is -4.51. The molecule has 0 heterocycles. The Hall–Kier alpha value is -2.04. The number of benzene rings is 2. The Labute approximate surface area is 107 Å². The van der Waals surface area contributed by atoms with Gasteiger partial charge in [0.1, 0.15) is 5.82 Å². The highest BCUT2D eigenvalue weighted by Gasteiger charge is 2.31. The summed E-state index contributed by atoms with van der Waals surface area (Å²) in [4.78, 5) is 0. The molecule has 0 unspecified atom stereocenters. The molecule has 0 aliphatic carbocycles. The first kappa shape index (κ1) is 13.4. The maximum absolute atomic E-state index is 13.8. The third-order valence-corrected chi connectivity index (χ3v) is 2.72. The zero-order chi connectivity index (χ0) is 14.2. The summed E-state index contributed by atoms with van der Waals surface area (Å²) in [5.41, 5.74) is 5.42. The van der Waals surface area contributed by atoms with Crippen molar-refractivity contribution in [3.8, 4) is 11.1 Å². The summed E-state index contributed by atoms with van der Waals surface area (Å²) in [6.07, 6.45) is -4.51. The van der Waals surface area contributed by atoms with E-state index in [1.54, 1.807) is 13.0 Å². The average molecular weight is 269 g/mol. The minimum Gasteiger partial charge on any atom is -0.399 e. The lowest BCUT2D eigenvalue weighted by molar-refractivity contribution is -0.137. The van der Waals surface area contributed by atoms with Gasteiger partial charge in [-0.25, -0.2) is 4.39 Å². The van der Waals surface area contributed by atoms with Gasteiger partial charge in [0.15, 0.2) is 0 Å². The van der Waals surface area contributed by atoms with Crippen molar-refractivity contribution in [1.29, 1.82) is 0 Å². The van der Waals surface area contributed by atoms with E-state index < -0.39 is 17.6 Å². The lowest BCUT2D eigenvalue weighted by Gasteiger charge is -2.11. The van der Waals surface area contributed by atoms with Gasteiger partial charge in [-0.1, -0.05) is 12.1 Å². The van der Waals surface area contributed by atoms with E-state index in [-0.39, 0.29) is 16.8 Å². The molecule has 0 aliphatic heterocycles. The smallest absolute Gasteiger partial charge is 0.399 e. The Balaban J connectivity index is 2.59. The molecule has 0 atom stereocenters. The van der Waals surface area contributed by atoms with Gasteiger partial charge in [-0.2, -0.15) is 13.2 Å². The van der Waals surface area contributed by atoms with Gasteiger partial charge in [-0.3, -0.25) is 0 Å². The lowest BCUT2D eigenvalue weighted by atomic mass is 10.0. The molecule has 0 saturated carbocycles. The summed E-state index contributed by atoms with van der Waals surface area (Å²) < 4.78 is 51.8. The summed E-state index contributed by atoms with van der Waals surface area (Å²) in [6.45, 7) is 1.70. The summed E-state index contributed by atoms with van der Waals surface area (Å²) in [5, 5.41) is 0. The van der Waals surface area contributed by atoms with Gasteiger partial charge in [0, 0.05) is 11.3 Å². The third kappa shape index (κ3) is 2.86. The number of nitrogens with two attached hydrogens (primary N) is 1. The van der Waals surface area contributed by atoms with E-state index in [1.807, 2.05) is 0 Å². The van der Waals surface area contributed by atoms with Crippen molar-refractivity contribution < 1.29 is 17.6 Å². The second-order valence-corrected chi connectivity index (χ2v) is 4.32. The molecule has 0 fully saturated rings. The first-order valence-corrected chi connectivity index (χ1v) is 5.51. The first-order chi connectivity index (χ1) is 8.77. The molecule has 0 aliphatic rings. The number of rotatable bonds is 1. The van der Waals surface area contributed by atoms with Crippen LogP contribution in [0.25, 0.3) is 11.1 Å². The van der Waals surface area contributed by atoms with Crippen LogP contribution in [0.5, 0.6) is 0 Å². The second kappa shape index (κ2) is 4.57. The van der Waals surface area contributed by atoms with E-state index >= 15 is 0 Å². The first-order valence-electron chi connectivity index (χ1n) is 5.51. The fraction of sp³-hybridized carbons (Fsp3) is 0.143. The maximum atomic E-state index is 13.8. The Morgan fingerprint density at radius 2 is 1.68 bits per heavy atom. The molecule has 2 aromatic carbocycles. The number of hydrogen-bond acceptors (Lipinski definition) is 1. The van der Waals surface area contributed by atoms with Crippen molar-refractivity contribution in [3.05, 3.63) is 53.3 Å². The van der Waals surface area contributed by atoms with E-state index in [1.165, 1.54) is 18.2 Å². The van der Waals surface area contributed by atoms with Crippen LogP contribution in [0.3, 0.4) is 0 Å². The molecule has 2 aromatic rings. The number of alkyl halides is 3. The zero-order valence-corrected chi connectivity index (χ0v) is 10.1. The van der Waals surface area contributed by atoms with Gasteiger partial charge in [-0.15, -0.1) is 0 Å². The number of aryl methyl sites for hydroxylation is 1. The molecule has 0 radical (unpaired) electrons. The average Bonchev–Trinajstić information content (AvgIpc) is 2.26. The Morgan fingerprint density at radius 3 is 2.26 bits per heavy atom. The predicted octanol–water partition coefficient (Wildman–Crippen LogP) is 4.40. The molecule has 2 rings (SSSR count). The lowest BCUT2D eigenvalue weighted by Crippen LogP contribution is -2.06. The Morgan fingerprint density at radius 1 is 1.00 bits per heavy atom. The van der Waals surface area contributed by atoms with Crippen LogP contribution in [0.15, 0.2) is 36.4 Å². The van der Waals surface area contributed by atoms with E-state index in [4.69, 9.17) is 5.73 Å². The standard InChI is InChI=1S/C14H11F4N/c1-8-2-3-12(13(15)4-8)9-5-10(14(16,17)18)7-11(19)6-9/h2-7H,19H2,1H3. The quantitative estimate of drug-likeness (QED) is 0.602. The van der Waals surface area contributed by atoms with E-state index in [0.717, 1.165) is 12.1 Å². The van der Waals surface area contributed by atoms with Crippen LogP contribution in [0.4, 0.5) is 23.2 Å². The molecule has 0 bridgehead atoms. The molecule has 0 amide bonds. The predicted molar refractivity (Wildman–Crippen MR) is 66.0 cm³/mol. The highest BCUT2D eigenvalue weighted by atomic mass is 19.4. The summed E-state index contributed by atoms with van der Waals surface area (Å²) in [5.74, 6) is -0.571. The van der Waals surface area contributed by atoms with Gasteiger partial charge in [0.2, 0.25) is 0 Å². The van der Waals surface area contributed by atoms with Gasteiger partial charge < -0.3 is 5.73 Å². The van der Waals surface area contributed by atoms with Gasteiger partial charge in [0.25, 0.3) is 0 Å². The van der Waals surface area contributed by atoms with Crippen LogP contribution in [0.2, 0.25) is 0 Å². The highest BCUT2D eigenvalue weighted by molar-refractivity contribution is 5.69. The van der Waals surface area contributed by atoms with E-state index in [0.29, 0.717) is 5.56 Å². The second-order valence-electron chi connectivity index (χ2n) is 4.32. The minimum absolute atomic E-state index is 0.0511. The summed E-state index contributed by atoms with van der Waals surface area (Å²) in [7, 11) is 0. The van der Waals surface area contributed by atoms with Crippen molar-refractivity contribution in [2.75, 3.05) is 5.73 Å². The zero-order valence-electron chi connectivity index (χ0n) is 10.1. The largest absolute Gasteiger partial charge is 0.416 e. The molecule has 0 saturated heterocycles. The van der Waals surface area contributed by atoms with E-state index in [9.17, 15) is 17.6 Å². The van der Waals surface area contributed by atoms with Crippen LogP contribution in [-0.2, 0) is 6.18 Å². The summed E-state index contributed by atoms with van der Waals surface area (Å²) >= 11 is 0. The molecule has 0 aromatic heterocycles. The van der Waals surface area contributed by atoms with Crippen molar-refractivity contribution in [2.24, 2.45) is 0 Å². The molecule has 1 nitrogen and oxygen atoms in total. The number of nitrogen functional groups attached to an aromatic ring is 1. The third-order valence-electron chi connectivity index (χ3n) is 2.72. The van der Waals surface area contributed by atoms with Gasteiger partial charge in [-0.05, 0) is 42.3 Å². The van der Waals surface area contributed by atoms with Crippen molar-refractivity contribution in [2.45, 2.75) is 13.1 Å². The molecular weight excluding hydrogens is 258 g/mol. The SMILES string of the molecule is Cc1ccc(-c2cc(N)cc(C(F)(F)F)c2)c(F)c1. The topological polar surface area (TPSA) is 26.0 Å². The summed E-state index contributed by atoms with van der Waals surface area (Å²) in [6, 6.07) is 7.39. The highest BCUT2D eigenvalue weighted by Crippen LogP contribution is 2.34. The van der Waals surface area contributed by atoms with E-state index in [2.05, 4.69) is 0 Å². The van der Waals surface area contributed by atoms with Crippen LogP contribution < -0.4 is 5.73 Å². The number of hydrogen-bond donors (Lipinski definition) is 1. The number of halogens is 4. The van der Waals surface area contributed by atoms with Crippen molar-refractivity contribution in [1.82, 2.24) is 0 Å². The molecular formula is C14H11F4N. The van der Waals surface area contributed by atoms with Gasteiger partial charge >= 0.3 is 6.18 Å². The van der Waals surface area contributed by atoms with Crippen molar-refractivity contribution in [3.63, 3.8) is 0 Å². The molecule has 5 heteroatoms. The fourth-order valence-electron chi connectivity index (χ4n) is 1.83. The van der Waals surface area contributed by atoms with Gasteiger partial charge in [0.05, 0.1) is 5.56 Å². The van der Waals surface area contributed by atoms with Crippen LogP contribution >= 0.6 is 0 Å². The Bertz CT molecular complexity index is 617. The van der Waals surface area contributed by atoms with Crippen molar-refractivity contribution >= 4 is 5.69 Å². The van der Waals surface area contributed by atoms with Crippen LogP contribution in [0, 0.1) is 12.7 Å². The Kier molecular flexibility index (Phi) is 3.22. The number of anilines is 1. The molecule has 2 N–H and O–H groups in total. The molecule has 100 valence electrons.